The van der Waals surface area contributed by atoms with Gasteiger partial charge in [-0.3, -0.25) is 9.59 Å². The molecule has 0 aromatic heterocycles. The van der Waals surface area contributed by atoms with Gasteiger partial charge in [0.2, 0.25) is 0 Å². The summed E-state index contributed by atoms with van der Waals surface area (Å²) in [6.07, 6.45) is 0. The smallest absolute Gasteiger partial charge is 1.00 e. The van der Waals surface area contributed by atoms with Crippen molar-refractivity contribution in [3.63, 3.8) is 0 Å². The molecule has 0 saturated heterocycles. The summed E-state index contributed by atoms with van der Waals surface area (Å²) in [7, 11) is 0. The van der Waals surface area contributed by atoms with E-state index in [1.165, 1.54) is 0 Å². The largest absolute Gasteiger partial charge is 1.00 e. The SMILES string of the molecule is O=C(O)C(S)C(S)C(=O)O.[H-].[Na+]. The second-order valence-corrected chi connectivity index (χ2v) is 2.68. The minimum Gasteiger partial charge on any atom is -1.00 e. The fourth-order valence-electron chi connectivity index (χ4n) is 0.270. The molecule has 0 aliphatic heterocycles. The van der Waals surface area contributed by atoms with Crippen LogP contribution in [0.4, 0.5) is 0 Å². The van der Waals surface area contributed by atoms with Gasteiger partial charge < -0.3 is 11.6 Å². The summed E-state index contributed by atoms with van der Waals surface area (Å²) in [6.45, 7) is 0. The molecule has 0 fully saturated rings. The minimum atomic E-state index is -1.29. The van der Waals surface area contributed by atoms with Crippen molar-refractivity contribution in [2.45, 2.75) is 10.5 Å². The van der Waals surface area contributed by atoms with Gasteiger partial charge in [-0.1, -0.05) is 0 Å². The van der Waals surface area contributed by atoms with Gasteiger partial charge in [0.1, 0.15) is 10.5 Å². The van der Waals surface area contributed by atoms with Crippen molar-refractivity contribution in [3.8, 4) is 0 Å². The number of aliphatic carboxylic acids is 2. The van der Waals surface area contributed by atoms with E-state index in [1.807, 2.05) is 0 Å². The Labute approximate surface area is 98.0 Å². The van der Waals surface area contributed by atoms with Gasteiger partial charge in [0.25, 0.3) is 0 Å². The van der Waals surface area contributed by atoms with Gasteiger partial charge in [-0.2, -0.15) is 25.3 Å². The maximum atomic E-state index is 10.1. The topological polar surface area (TPSA) is 74.6 Å². The zero-order valence-corrected chi connectivity index (χ0v) is 9.55. The Morgan fingerprint density at radius 1 is 1.09 bits per heavy atom. The Balaban J connectivity index is -0.000000405. The van der Waals surface area contributed by atoms with E-state index in [0.717, 1.165) is 0 Å². The predicted molar refractivity (Wildman–Crippen MR) is 41.9 cm³/mol. The molecule has 60 valence electrons. The molecule has 0 saturated carbocycles. The molecule has 0 aromatic rings. The second kappa shape index (κ2) is 6.19. The Morgan fingerprint density at radius 2 is 1.27 bits per heavy atom. The number of carbonyl (C=O) groups is 2. The average molecular weight is 206 g/mol. The number of carboxylic acid groups (broad SMARTS) is 2. The first-order valence-electron chi connectivity index (χ1n) is 2.28. The van der Waals surface area contributed by atoms with Crippen LogP contribution in [0, 0.1) is 0 Å². The van der Waals surface area contributed by atoms with Crippen molar-refractivity contribution in [1.29, 1.82) is 0 Å². The Bertz CT molecular complexity index is 149. The molecular weight excluding hydrogens is 199 g/mol. The van der Waals surface area contributed by atoms with Crippen LogP contribution in [0.5, 0.6) is 0 Å². The first-order chi connectivity index (χ1) is 4.46. The zero-order chi connectivity index (χ0) is 8.31. The molecule has 4 nitrogen and oxygen atoms in total. The van der Waals surface area contributed by atoms with Crippen molar-refractivity contribution in [2.75, 3.05) is 0 Å². The molecule has 2 unspecified atom stereocenters. The van der Waals surface area contributed by atoms with E-state index >= 15 is 0 Å². The minimum absolute atomic E-state index is 0. The summed E-state index contributed by atoms with van der Waals surface area (Å²) in [6, 6.07) is 0. The molecule has 2 N–H and O–H groups in total. The van der Waals surface area contributed by atoms with Crippen LogP contribution in [-0.2, 0) is 9.59 Å². The Hall–Kier alpha value is 0.640. The van der Waals surface area contributed by atoms with Crippen LogP contribution in [0.1, 0.15) is 1.43 Å². The van der Waals surface area contributed by atoms with E-state index in [0.29, 0.717) is 0 Å². The average Bonchev–Trinajstić information content (AvgIpc) is 1.84. The summed E-state index contributed by atoms with van der Waals surface area (Å²) in [5.41, 5.74) is 0. The first kappa shape index (κ1) is 14.2. The van der Waals surface area contributed by atoms with Gasteiger partial charge in [0, 0.05) is 0 Å². The first-order valence-corrected chi connectivity index (χ1v) is 3.32. The van der Waals surface area contributed by atoms with Gasteiger partial charge in [-0.25, -0.2) is 0 Å². The predicted octanol–water partition coefficient (Wildman–Crippen LogP) is -3.13. The zero-order valence-electron chi connectivity index (χ0n) is 6.76. The van der Waals surface area contributed by atoms with Gasteiger partial charge >= 0.3 is 41.5 Å². The molecule has 0 aromatic carbocycles. The molecule has 0 bridgehead atoms. The van der Waals surface area contributed by atoms with Crippen LogP contribution in [-0.4, -0.2) is 32.7 Å². The number of carboxylic acids is 2. The van der Waals surface area contributed by atoms with E-state index in [1.54, 1.807) is 0 Å². The summed E-state index contributed by atoms with van der Waals surface area (Å²) in [5.74, 6) is -2.57. The monoisotopic (exact) mass is 206 g/mol. The molecule has 0 aliphatic rings. The maximum Gasteiger partial charge on any atom is 1.00 e. The normalized spacial score (nSPS) is 14.4. The van der Waals surface area contributed by atoms with Gasteiger partial charge in [-0.05, 0) is 0 Å². The number of thiol groups is 2. The molecule has 0 rings (SSSR count). The maximum absolute atomic E-state index is 10.1. The van der Waals surface area contributed by atoms with E-state index in [2.05, 4.69) is 25.3 Å². The van der Waals surface area contributed by atoms with Gasteiger partial charge in [0.15, 0.2) is 0 Å². The Kier molecular flexibility index (Phi) is 7.98. The van der Waals surface area contributed by atoms with Crippen LogP contribution in [0.25, 0.3) is 0 Å². The third kappa shape index (κ3) is 4.97. The van der Waals surface area contributed by atoms with E-state index in [4.69, 9.17) is 10.2 Å². The van der Waals surface area contributed by atoms with Gasteiger partial charge in [-0.15, -0.1) is 0 Å². The van der Waals surface area contributed by atoms with Crippen molar-refractivity contribution < 1.29 is 50.8 Å². The summed E-state index contributed by atoms with van der Waals surface area (Å²) >= 11 is 7.00. The molecule has 2 atom stereocenters. The van der Waals surface area contributed by atoms with Crippen LogP contribution >= 0.6 is 25.3 Å². The standard InChI is InChI=1S/C4H6O4S2.Na.H/c5-3(6)1(9)2(10)4(7)8;;/h1-2,9-10H,(H,5,6)(H,7,8);;/q;+1;-1. The van der Waals surface area contributed by atoms with Crippen molar-refractivity contribution >= 4 is 37.2 Å². The third-order valence-corrected chi connectivity index (χ3v) is 2.08. The van der Waals surface area contributed by atoms with Crippen molar-refractivity contribution in [1.82, 2.24) is 0 Å². The van der Waals surface area contributed by atoms with Crippen LogP contribution < -0.4 is 29.6 Å². The molecule has 0 amide bonds. The molecule has 0 heterocycles. The molecule has 7 heteroatoms. The van der Waals surface area contributed by atoms with E-state index in [9.17, 15) is 9.59 Å². The molecule has 0 radical (unpaired) electrons. The van der Waals surface area contributed by atoms with E-state index in [-0.39, 0.29) is 31.0 Å². The number of hydrogen-bond acceptors (Lipinski definition) is 4. The quantitative estimate of drug-likeness (QED) is 0.291. The summed E-state index contributed by atoms with van der Waals surface area (Å²) < 4.78 is 0. The molecule has 0 spiro atoms. The van der Waals surface area contributed by atoms with Crippen molar-refractivity contribution in [2.24, 2.45) is 0 Å². The fourth-order valence-corrected chi connectivity index (χ4v) is 0.525. The summed E-state index contributed by atoms with van der Waals surface area (Å²) in [5, 5.41) is 13.9. The van der Waals surface area contributed by atoms with E-state index < -0.39 is 22.4 Å². The molecule has 11 heavy (non-hydrogen) atoms. The number of rotatable bonds is 3. The fraction of sp³-hybridized carbons (Fsp3) is 0.500. The third-order valence-electron chi connectivity index (χ3n) is 0.805. The summed E-state index contributed by atoms with van der Waals surface area (Å²) in [4.78, 5) is 20.1. The van der Waals surface area contributed by atoms with Crippen LogP contribution in [0.15, 0.2) is 0 Å². The van der Waals surface area contributed by atoms with Crippen LogP contribution in [0.3, 0.4) is 0 Å². The molecular formula is C4H7NaO4S2. The second-order valence-electron chi connectivity index (χ2n) is 1.57. The molecule has 0 aliphatic carbocycles. The Morgan fingerprint density at radius 3 is 1.36 bits per heavy atom. The number of hydrogen-bond donors (Lipinski definition) is 4. The van der Waals surface area contributed by atoms with Crippen LogP contribution in [0.2, 0.25) is 0 Å². The van der Waals surface area contributed by atoms with Gasteiger partial charge in [0.05, 0.1) is 0 Å². The van der Waals surface area contributed by atoms with Crippen molar-refractivity contribution in [3.05, 3.63) is 0 Å².